The van der Waals surface area contributed by atoms with Crippen molar-refractivity contribution in [2.24, 2.45) is 0 Å². The first kappa shape index (κ1) is 18.9. The van der Waals surface area contributed by atoms with Crippen molar-refractivity contribution >= 4 is 23.4 Å². The van der Waals surface area contributed by atoms with E-state index in [1.807, 2.05) is 6.26 Å². The Morgan fingerprint density at radius 1 is 1.19 bits per heavy atom. The van der Waals surface area contributed by atoms with Gasteiger partial charge in [-0.15, -0.1) is 0 Å². The summed E-state index contributed by atoms with van der Waals surface area (Å²) in [5.74, 6) is -1.22. The maximum absolute atomic E-state index is 14.0. The van der Waals surface area contributed by atoms with E-state index in [1.54, 1.807) is 29.8 Å². The maximum atomic E-state index is 14.0. The van der Waals surface area contributed by atoms with Crippen molar-refractivity contribution in [2.45, 2.75) is 5.16 Å². The number of methoxy groups -OCH3 is 1. The van der Waals surface area contributed by atoms with Crippen LogP contribution in [0.4, 0.5) is 14.5 Å². The molecule has 5 nitrogen and oxygen atoms in total. The highest BCUT2D eigenvalue weighted by Crippen LogP contribution is 2.26. The summed E-state index contributed by atoms with van der Waals surface area (Å²) in [5.41, 5.74) is 1.26. The summed E-state index contributed by atoms with van der Waals surface area (Å²) >= 11 is 1.36. The van der Waals surface area contributed by atoms with Crippen LogP contribution in [0.3, 0.4) is 0 Å². The molecule has 3 rings (SSSR count). The molecule has 0 fully saturated rings. The molecule has 1 amide bonds. The fourth-order valence-electron chi connectivity index (χ4n) is 2.62. The standard InChI is InChI=1S/C19H17F2N3O2S/c1-23(14-8-9-17(26-2)15(21)10-14)18(25)16-11-22-19(27-3)24(16)13-6-4-12(20)5-7-13/h4-11H,1-3H3. The van der Waals surface area contributed by atoms with Gasteiger partial charge in [0.15, 0.2) is 16.7 Å². The number of aromatic nitrogens is 2. The largest absolute Gasteiger partial charge is 0.494 e. The number of thioether (sulfide) groups is 1. The number of carbonyl (C=O) groups is 1. The summed E-state index contributed by atoms with van der Waals surface area (Å²) in [4.78, 5) is 18.6. The third-order valence-corrected chi connectivity index (χ3v) is 4.70. The summed E-state index contributed by atoms with van der Waals surface area (Å²) in [6, 6.07) is 10.0. The molecular formula is C19H17F2N3O2S. The van der Waals surface area contributed by atoms with Crippen molar-refractivity contribution in [3.8, 4) is 11.4 Å². The van der Waals surface area contributed by atoms with Crippen LogP contribution >= 0.6 is 11.8 Å². The predicted octanol–water partition coefficient (Wildman–Crippen LogP) is 4.16. The van der Waals surface area contributed by atoms with Crippen LogP contribution in [-0.2, 0) is 0 Å². The van der Waals surface area contributed by atoms with E-state index >= 15 is 0 Å². The molecular weight excluding hydrogens is 372 g/mol. The molecule has 1 aromatic heterocycles. The fourth-order valence-corrected chi connectivity index (χ4v) is 3.17. The van der Waals surface area contributed by atoms with Crippen LogP contribution in [0.5, 0.6) is 5.75 Å². The number of carbonyl (C=O) groups excluding carboxylic acids is 1. The van der Waals surface area contributed by atoms with Gasteiger partial charge in [0.05, 0.1) is 13.3 Å². The highest BCUT2D eigenvalue weighted by atomic mass is 32.2. The second-order valence-corrected chi connectivity index (χ2v) is 6.40. The topological polar surface area (TPSA) is 47.4 Å². The Balaban J connectivity index is 2.01. The number of halogens is 2. The number of rotatable bonds is 5. The van der Waals surface area contributed by atoms with Gasteiger partial charge in [0.1, 0.15) is 11.5 Å². The second-order valence-electron chi connectivity index (χ2n) is 5.62. The number of nitrogens with zero attached hydrogens (tertiary/aromatic N) is 3. The van der Waals surface area contributed by atoms with E-state index in [-0.39, 0.29) is 23.2 Å². The van der Waals surface area contributed by atoms with Crippen LogP contribution in [-0.4, -0.2) is 35.9 Å². The number of hydrogen-bond acceptors (Lipinski definition) is 4. The monoisotopic (exact) mass is 389 g/mol. The lowest BCUT2D eigenvalue weighted by molar-refractivity contribution is 0.0986. The van der Waals surface area contributed by atoms with Crippen molar-refractivity contribution in [1.82, 2.24) is 9.55 Å². The molecule has 3 aromatic rings. The molecule has 8 heteroatoms. The number of anilines is 1. The lowest BCUT2D eigenvalue weighted by atomic mass is 10.2. The van der Waals surface area contributed by atoms with Crippen molar-refractivity contribution in [3.63, 3.8) is 0 Å². The molecule has 0 aliphatic heterocycles. The Morgan fingerprint density at radius 2 is 1.89 bits per heavy atom. The number of ether oxygens (including phenoxy) is 1. The Kier molecular flexibility index (Phi) is 5.46. The van der Waals surface area contributed by atoms with Gasteiger partial charge < -0.3 is 9.64 Å². The number of benzene rings is 2. The summed E-state index contributed by atoms with van der Waals surface area (Å²) in [6.07, 6.45) is 3.28. The van der Waals surface area contributed by atoms with Gasteiger partial charge in [0, 0.05) is 24.5 Å². The van der Waals surface area contributed by atoms with Gasteiger partial charge in [0.2, 0.25) is 0 Å². The molecule has 0 aliphatic rings. The van der Waals surface area contributed by atoms with Gasteiger partial charge in [-0.1, -0.05) is 11.8 Å². The minimum Gasteiger partial charge on any atom is -0.494 e. The van der Waals surface area contributed by atoms with Crippen LogP contribution < -0.4 is 9.64 Å². The third kappa shape index (κ3) is 3.66. The van der Waals surface area contributed by atoms with Crippen molar-refractivity contribution in [3.05, 3.63) is 66.0 Å². The van der Waals surface area contributed by atoms with Crippen molar-refractivity contribution < 1.29 is 18.3 Å². The molecule has 27 heavy (non-hydrogen) atoms. The SMILES string of the molecule is COc1ccc(N(C)C(=O)c2cnc(SC)n2-c2ccc(F)cc2)cc1F. The number of amides is 1. The van der Waals surface area contributed by atoms with Crippen LogP contribution in [0.1, 0.15) is 10.5 Å². The molecule has 2 aromatic carbocycles. The lowest BCUT2D eigenvalue weighted by Crippen LogP contribution is -2.28. The number of imidazole rings is 1. The quantitative estimate of drug-likeness (QED) is 0.615. The molecule has 0 aliphatic carbocycles. The van der Waals surface area contributed by atoms with Gasteiger partial charge >= 0.3 is 0 Å². The Morgan fingerprint density at radius 3 is 2.48 bits per heavy atom. The summed E-state index contributed by atoms with van der Waals surface area (Å²) in [7, 11) is 2.92. The van der Waals surface area contributed by atoms with Crippen LogP contribution in [0.15, 0.2) is 53.8 Å². The first-order valence-corrected chi connectivity index (χ1v) is 9.18. The molecule has 1 heterocycles. The zero-order valence-electron chi connectivity index (χ0n) is 14.9. The lowest BCUT2D eigenvalue weighted by Gasteiger charge is -2.19. The zero-order chi connectivity index (χ0) is 19.6. The third-order valence-electron chi connectivity index (χ3n) is 4.04. The minimum absolute atomic E-state index is 0.0978. The van der Waals surface area contributed by atoms with Gasteiger partial charge in [-0.3, -0.25) is 9.36 Å². The van der Waals surface area contributed by atoms with Gasteiger partial charge in [-0.2, -0.15) is 0 Å². The van der Waals surface area contributed by atoms with Gasteiger partial charge in [-0.25, -0.2) is 13.8 Å². The smallest absolute Gasteiger partial charge is 0.276 e. The molecule has 0 atom stereocenters. The summed E-state index contributed by atoms with van der Waals surface area (Å²) in [5, 5.41) is 0.583. The van der Waals surface area contributed by atoms with Crippen LogP contribution in [0, 0.1) is 11.6 Å². The summed E-state index contributed by atoms with van der Waals surface area (Å²) < 4.78 is 33.8. The maximum Gasteiger partial charge on any atom is 0.276 e. The number of hydrogen-bond donors (Lipinski definition) is 0. The second kappa shape index (κ2) is 7.79. The molecule has 0 N–H and O–H groups in total. The normalized spacial score (nSPS) is 10.7. The van der Waals surface area contributed by atoms with Crippen molar-refractivity contribution in [1.29, 1.82) is 0 Å². The first-order valence-electron chi connectivity index (χ1n) is 7.95. The van der Waals surface area contributed by atoms with Gasteiger partial charge in [0.25, 0.3) is 5.91 Å². The molecule has 0 bridgehead atoms. The highest BCUT2D eigenvalue weighted by Gasteiger charge is 2.22. The zero-order valence-corrected chi connectivity index (χ0v) is 15.8. The van der Waals surface area contributed by atoms with E-state index < -0.39 is 5.82 Å². The van der Waals surface area contributed by atoms with E-state index in [2.05, 4.69) is 4.98 Å². The molecule has 0 unspecified atom stereocenters. The first-order chi connectivity index (χ1) is 13.0. The van der Waals surface area contributed by atoms with E-state index in [1.165, 1.54) is 54.2 Å². The predicted molar refractivity (Wildman–Crippen MR) is 101 cm³/mol. The van der Waals surface area contributed by atoms with Gasteiger partial charge in [-0.05, 0) is 42.7 Å². The molecule has 140 valence electrons. The van der Waals surface area contributed by atoms with E-state index in [0.29, 0.717) is 16.5 Å². The van der Waals surface area contributed by atoms with E-state index in [4.69, 9.17) is 4.74 Å². The Labute approximate surface area is 159 Å². The fraction of sp³-hybridized carbons (Fsp3) is 0.158. The van der Waals surface area contributed by atoms with E-state index in [0.717, 1.165) is 0 Å². The molecule has 0 saturated carbocycles. The minimum atomic E-state index is -0.563. The Hall–Kier alpha value is -2.87. The average Bonchev–Trinajstić information content (AvgIpc) is 3.11. The molecule has 0 spiro atoms. The molecule has 0 radical (unpaired) electrons. The summed E-state index contributed by atoms with van der Waals surface area (Å²) in [6.45, 7) is 0. The molecule has 0 saturated heterocycles. The average molecular weight is 389 g/mol. The van der Waals surface area contributed by atoms with Crippen LogP contribution in [0.2, 0.25) is 0 Å². The highest BCUT2D eigenvalue weighted by molar-refractivity contribution is 7.98. The van der Waals surface area contributed by atoms with E-state index in [9.17, 15) is 13.6 Å². The Bertz CT molecular complexity index is 974. The van der Waals surface area contributed by atoms with Crippen molar-refractivity contribution in [2.75, 3.05) is 25.3 Å². The van der Waals surface area contributed by atoms with Crippen LogP contribution in [0.25, 0.3) is 5.69 Å².